The highest BCUT2D eigenvalue weighted by Gasteiger charge is 2.35. The topological polar surface area (TPSA) is 49.4 Å². The van der Waals surface area contributed by atoms with Crippen LogP contribution in [0.25, 0.3) is 6.08 Å². The summed E-state index contributed by atoms with van der Waals surface area (Å²) in [6.07, 6.45) is -3.09. The summed E-state index contributed by atoms with van der Waals surface area (Å²) in [6.45, 7) is 0. The normalized spacial score (nSPS) is 16.6. The largest absolute Gasteiger partial charge is 0.416 e. The van der Waals surface area contributed by atoms with E-state index in [1.807, 2.05) is 0 Å². The Bertz CT molecular complexity index is 812. The highest BCUT2D eigenvalue weighted by Crippen LogP contribution is 2.29. The molecule has 1 saturated heterocycles. The van der Waals surface area contributed by atoms with Crippen molar-refractivity contribution in [1.29, 1.82) is 0 Å². The number of halogens is 3. The molecule has 1 heterocycles. The fraction of sp³-hybridized carbons (Fsp3) is 0.0588. The molecule has 2 aromatic carbocycles. The number of amides is 3. The molecule has 4 nitrogen and oxygen atoms in total. The summed E-state index contributed by atoms with van der Waals surface area (Å²) in [6, 6.07) is 12.1. The number of para-hydroxylation sites is 1. The molecule has 1 fully saturated rings. The molecule has 0 radical (unpaired) electrons. The smallest absolute Gasteiger partial charge is 0.302 e. The Hall–Kier alpha value is -3.09. The lowest BCUT2D eigenvalue weighted by atomic mass is 10.1. The van der Waals surface area contributed by atoms with Gasteiger partial charge in [0, 0.05) is 0 Å². The molecule has 0 atom stereocenters. The van der Waals surface area contributed by atoms with Crippen molar-refractivity contribution in [3.8, 4) is 0 Å². The Morgan fingerprint density at radius 1 is 0.917 bits per heavy atom. The summed E-state index contributed by atoms with van der Waals surface area (Å²) in [5, 5.41) is 2.42. The Labute approximate surface area is 135 Å². The molecule has 2 aromatic rings. The van der Waals surface area contributed by atoms with Gasteiger partial charge in [-0.2, -0.15) is 13.2 Å². The number of imide groups is 1. The fourth-order valence-electron chi connectivity index (χ4n) is 2.28. The van der Waals surface area contributed by atoms with E-state index in [2.05, 4.69) is 5.32 Å². The van der Waals surface area contributed by atoms with Gasteiger partial charge in [0.05, 0.1) is 11.3 Å². The van der Waals surface area contributed by atoms with Gasteiger partial charge < -0.3 is 5.32 Å². The third-order valence-electron chi connectivity index (χ3n) is 3.44. The second kappa shape index (κ2) is 5.84. The zero-order chi connectivity index (χ0) is 17.3. The van der Waals surface area contributed by atoms with Crippen molar-refractivity contribution in [2.24, 2.45) is 0 Å². The Balaban J connectivity index is 1.87. The van der Waals surface area contributed by atoms with Crippen LogP contribution < -0.4 is 10.2 Å². The minimum atomic E-state index is -4.42. The minimum Gasteiger partial charge on any atom is -0.302 e. The van der Waals surface area contributed by atoms with Crippen molar-refractivity contribution in [1.82, 2.24) is 5.32 Å². The van der Waals surface area contributed by atoms with E-state index >= 15 is 0 Å². The van der Waals surface area contributed by atoms with Crippen LogP contribution in [0.2, 0.25) is 0 Å². The minimum absolute atomic E-state index is 0.00334. The van der Waals surface area contributed by atoms with Crippen LogP contribution in [-0.2, 0) is 11.0 Å². The first-order chi connectivity index (χ1) is 11.4. The third-order valence-corrected chi connectivity index (χ3v) is 3.44. The maximum atomic E-state index is 12.5. The first-order valence-electron chi connectivity index (χ1n) is 6.96. The lowest BCUT2D eigenvalue weighted by Gasteiger charge is -2.10. The number of carbonyl (C=O) groups excluding carboxylic acids is 2. The molecule has 0 spiro atoms. The molecule has 3 rings (SSSR count). The number of alkyl halides is 3. The Kier molecular flexibility index (Phi) is 3.84. The second-order valence-corrected chi connectivity index (χ2v) is 5.08. The molecule has 0 unspecified atom stereocenters. The molecular formula is C17H11F3N2O2. The van der Waals surface area contributed by atoms with Gasteiger partial charge in [0.25, 0.3) is 5.91 Å². The van der Waals surface area contributed by atoms with E-state index in [0.717, 1.165) is 17.0 Å². The number of benzene rings is 2. The molecule has 24 heavy (non-hydrogen) atoms. The van der Waals surface area contributed by atoms with Crippen molar-refractivity contribution >= 4 is 23.7 Å². The number of anilines is 1. The van der Waals surface area contributed by atoms with E-state index in [9.17, 15) is 22.8 Å². The van der Waals surface area contributed by atoms with Crippen LogP contribution in [0.15, 0.2) is 60.3 Å². The standard InChI is InChI=1S/C17H11F3N2O2/c18-17(19,20)12-8-6-11(7-9-12)10-14-15(23)22(16(24)21-14)13-4-2-1-3-5-13/h1-10H,(H,21,24)/b14-10+. The maximum Gasteiger partial charge on any atom is 0.416 e. The van der Waals surface area contributed by atoms with Crippen LogP contribution in [0.3, 0.4) is 0 Å². The third kappa shape index (κ3) is 3.01. The van der Waals surface area contributed by atoms with Crippen LogP contribution in [-0.4, -0.2) is 11.9 Å². The van der Waals surface area contributed by atoms with Gasteiger partial charge in [0.2, 0.25) is 0 Å². The lowest BCUT2D eigenvalue weighted by molar-refractivity contribution is -0.137. The van der Waals surface area contributed by atoms with Gasteiger partial charge >= 0.3 is 12.2 Å². The van der Waals surface area contributed by atoms with Crippen molar-refractivity contribution in [2.45, 2.75) is 6.18 Å². The molecule has 3 amide bonds. The zero-order valence-corrected chi connectivity index (χ0v) is 12.2. The van der Waals surface area contributed by atoms with Gasteiger partial charge in [-0.3, -0.25) is 4.79 Å². The number of nitrogens with zero attached hydrogens (tertiary/aromatic N) is 1. The summed E-state index contributed by atoms with van der Waals surface area (Å²) in [5.74, 6) is -0.564. The van der Waals surface area contributed by atoms with E-state index < -0.39 is 23.7 Å². The van der Waals surface area contributed by atoms with Gasteiger partial charge in [-0.25, -0.2) is 9.69 Å². The predicted octanol–water partition coefficient (Wildman–Crippen LogP) is 3.80. The molecule has 1 N–H and O–H groups in total. The van der Waals surface area contributed by atoms with Crippen LogP contribution in [0, 0.1) is 0 Å². The van der Waals surface area contributed by atoms with Gasteiger partial charge in [-0.1, -0.05) is 30.3 Å². The van der Waals surface area contributed by atoms with E-state index in [0.29, 0.717) is 11.3 Å². The first-order valence-corrected chi connectivity index (χ1v) is 6.96. The van der Waals surface area contributed by atoms with Crippen molar-refractivity contribution in [3.05, 3.63) is 71.4 Å². The van der Waals surface area contributed by atoms with Gasteiger partial charge in [-0.15, -0.1) is 0 Å². The van der Waals surface area contributed by atoms with Gasteiger partial charge in [-0.05, 0) is 35.9 Å². The number of nitrogens with one attached hydrogen (secondary N) is 1. The molecule has 0 bridgehead atoms. The van der Waals surface area contributed by atoms with Crippen molar-refractivity contribution < 1.29 is 22.8 Å². The van der Waals surface area contributed by atoms with Crippen molar-refractivity contribution in [3.63, 3.8) is 0 Å². The average Bonchev–Trinajstić information content (AvgIpc) is 2.82. The summed E-state index contributed by atoms with van der Waals surface area (Å²) in [7, 11) is 0. The summed E-state index contributed by atoms with van der Waals surface area (Å²) < 4.78 is 37.6. The van der Waals surface area contributed by atoms with E-state index in [4.69, 9.17) is 0 Å². The number of hydrogen-bond donors (Lipinski definition) is 1. The molecule has 0 aromatic heterocycles. The molecule has 122 valence electrons. The van der Waals surface area contributed by atoms with Crippen LogP contribution in [0.1, 0.15) is 11.1 Å². The number of urea groups is 1. The number of carbonyl (C=O) groups is 2. The van der Waals surface area contributed by atoms with Crippen LogP contribution >= 0.6 is 0 Å². The summed E-state index contributed by atoms with van der Waals surface area (Å²) in [4.78, 5) is 25.3. The number of rotatable bonds is 2. The van der Waals surface area contributed by atoms with Gasteiger partial charge in [0.15, 0.2) is 0 Å². The summed E-state index contributed by atoms with van der Waals surface area (Å²) >= 11 is 0. The molecule has 1 aliphatic heterocycles. The quantitative estimate of drug-likeness (QED) is 0.672. The van der Waals surface area contributed by atoms with Crippen LogP contribution in [0.5, 0.6) is 0 Å². The zero-order valence-electron chi connectivity index (χ0n) is 12.2. The van der Waals surface area contributed by atoms with Gasteiger partial charge in [0.1, 0.15) is 5.70 Å². The predicted molar refractivity (Wildman–Crippen MR) is 81.9 cm³/mol. The second-order valence-electron chi connectivity index (χ2n) is 5.08. The molecule has 1 aliphatic rings. The molecule has 0 aliphatic carbocycles. The first kappa shape index (κ1) is 15.8. The Morgan fingerprint density at radius 2 is 1.54 bits per heavy atom. The van der Waals surface area contributed by atoms with Crippen molar-refractivity contribution in [2.75, 3.05) is 4.90 Å². The lowest BCUT2D eigenvalue weighted by Crippen LogP contribution is -2.30. The molecular weight excluding hydrogens is 321 g/mol. The Morgan fingerprint density at radius 3 is 2.12 bits per heavy atom. The van der Waals surface area contributed by atoms with E-state index in [-0.39, 0.29) is 5.70 Å². The highest BCUT2D eigenvalue weighted by molar-refractivity contribution is 6.28. The van der Waals surface area contributed by atoms with Crippen LogP contribution in [0.4, 0.5) is 23.7 Å². The average molecular weight is 332 g/mol. The van der Waals surface area contributed by atoms with E-state index in [1.54, 1.807) is 30.3 Å². The maximum absolute atomic E-state index is 12.5. The fourth-order valence-corrected chi connectivity index (χ4v) is 2.28. The highest BCUT2D eigenvalue weighted by atomic mass is 19.4. The summed E-state index contributed by atoms with van der Waals surface area (Å²) in [5.41, 5.74) is 0.0124. The molecule has 7 heteroatoms. The SMILES string of the molecule is O=C1N/C(=C/c2ccc(C(F)(F)F)cc2)C(=O)N1c1ccccc1. The molecule has 0 saturated carbocycles. The monoisotopic (exact) mass is 332 g/mol. The van der Waals surface area contributed by atoms with E-state index in [1.165, 1.54) is 18.2 Å². The number of hydrogen-bond acceptors (Lipinski definition) is 2.